The maximum absolute atomic E-state index is 14.5. The van der Waals surface area contributed by atoms with Crippen molar-refractivity contribution < 1.29 is 17.2 Å². The number of anilines is 2. The van der Waals surface area contributed by atoms with Crippen LogP contribution in [0.25, 0.3) is 0 Å². The standard InChI is InChI=1S/C18H22F2N6O2S2/c19-14-8-15(24-5-2-1-4-23-13-3-6-22-10-13)12(9-21)7-16(14)30(27,28)26-18-25-11-17(20)29-18/h7-8,11,13,22-24H,1-6,10H2,(H,25,26)/t13-/m1/s1. The topological polar surface area (TPSA) is 119 Å². The number of sulfonamides is 1. The lowest BCUT2D eigenvalue weighted by atomic mass is 10.2. The van der Waals surface area contributed by atoms with Crippen molar-refractivity contribution in [1.82, 2.24) is 15.6 Å². The highest BCUT2D eigenvalue weighted by Crippen LogP contribution is 2.26. The van der Waals surface area contributed by atoms with Crippen LogP contribution in [0.3, 0.4) is 0 Å². The molecular weight excluding hydrogens is 434 g/mol. The molecule has 30 heavy (non-hydrogen) atoms. The Morgan fingerprint density at radius 1 is 1.30 bits per heavy atom. The molecule has 0 unspecified atom stereocenters. The van der Waals surface area contributed by atoms with Gasteiger partial charge >= 0.3 is 0 Å². The van der Waals surface area contributed by atoms with Crippen LogP contribution in [-0.4, -0.2) is 45.6 Å². The van der Waals surface area contributed by atoms with Gasteiger partial charge in [0.15, 0.2) is 10.3 Å². The minimum atomic E-state index is -4.36. The third-order valence-corrected chi connectivity index (χ3v) is 6.78. The summed E-state index contributed by atoms with van der Waals surface area (Å²) in [6.45, 7) is 3.39. The SMILES string of the molecule is N#Cc1cc(S(=O)(=O)Nc2ncc(F)s2)c(F)cc1NCCCCN[C@@H]1CCNC1. The number of hydrogen-bond donors (Lipinski definition) is 4. The van der Waals surface area contributed by atoms with E-state index in [1.54, 1.807) is 0 Å². The van der Waals surface area contributed by atoms with Crippen LogP contribution in [0.15, 0.2) is 23.2 Å². The number of nitrogens with one attached hydrogen (secondary N) is 4. The van der Waals surface area contributed by atoms with Gasteiger partial charge in [0.2, 0.25) is 0 Å². The smallest absolute Gasteiger partial charge is 0.266 e. The van der Waals surface area contributed by atoms with Crippen molar-refractivity contribution in [2.45, 2.75) is 30.2 Å². The maximum atomic E-state index is 14.5. The van der Waals surface area contributed by atoms with Gasteiger partial charge in [-0.2, -0.15) is 9.65 Å². The monoisotopic (exact) mass is 456 g/mol. The molecule has 0 amide bonds. The number of halogens is 2. The molecule has 1 fully saturated rings. The normalized spacial score (nSPS) is 16.4. The van der Waals surface area contributed by atoms with Crippen molar-refractivity contribution in [1.29, 1.82) is 5.26 Å². The summed E-state index contributed by atoms with van der Waals surface area (Å²) in [7, 11) is -4.36. The molecule has 12 heteroatoms. The van der Waals surface area contributed by atoms with Gasteiger partial charge < -0.3 is 16.0 Å². The van der Waals surface area contributed by atoms with Crippen LogP contribution in [-0.2, 0) is 10.0 Å². The lowest BCUT2D eigenvalue weighted by Crippen LogP contribution is -2.31. The molecular formula is C18H22F2N6O2S2. The molecule has 0 spiro atoms. The Morgan fingerprint density at radius 3 is 2.77 bits per heavy atom. The summed E-state index contributed by atoms with van der Waals surface area (Å²) in [4.78, 5) is 2.85. The number of benzene rings is 1. The predicted octanol–water partition coefficient (Wildman–Crippen LogP) is 2.24. The zero-order valence-corrected chi connectivity index (χ0v) is 17.7. The van der Waals surface area contributed by atoms with Crippen LogP contribution >= 0.6 is 11.3 Å². The first-order valence-electron chi connectivity index (χ1n) is 9.45. The molecule has 4 N–H and O–H groups in total. The number of nitrogens with zero attached hydrogens (tertiary/aromatic N) is 2. The van der Waals surface area contributed by atoms with E-state index in [2.05, 4.69) is 20.9 Å². The van der Waals surface area contributed by atoms with E-state index in [4.69, 9.17) is 0 Å². The second-order valence-corrected chi connectivity index (χ2v) is 9.42. The van der Waals surface area contributed by atoms with E-state index in [0.717, 1.165) is 57.2 Å². The molecule has 1 aromatic carbocycles. The van der Waals surface area contributed by atoms with Crippen LogP contribution in [0, 0.1) is 22.3 Å². The Hall–Kier alpha value is -2.33. The average molecular weight is 457 g/mol. The molecule has 1 atom stereocenters. The second-order valence-electron chi connectivity index (χ2n) is 6.79. The highest BCUT2D eigenvalue weighted by molar-refractivity contribution is 7.93. The summed E-state index contributed by atoms with van der Waals surface area (Å²) in [5.41, 5.74) is 0.222. The first-order chi connectivity index (χ1) is 14.4. The predicted molar refractivity (Wildman–Crippen MR) is 111 cm³/mol. The fourth-order valence-corrected chi connectivity index (χ4v) is 4.95. The van der Waals surface area contributed by atoms with Crippen LogP contribution in [0.4, 0.5) is 19.6 Å². The van der Waals surface area contributed by atoms with Crippen molar-refractivity contribution in [3.63, 3.8) is 0 Å². The largest absolute Gasteiger partial charge is 0.384 e. The molecule has 3 rings (SSSR count). The van der Waals surface area contributed by atoms with Crippen LogP contribution < -0.4 is 20.7 Å². The van der Waals surface area contributed by atoms with Gasteiger partial charge in [-0.05, 0) is 44.5 Å². The number of aromatic nitrogens is 1. The molecule has 2 aromatic rings. The van der Waals surface area contributed by atoms with Gasteiger partial charge in [0, 0.05) is 19.1 Å². The molecule has 2 heterocycles. The maximum Gasteiger partial charge on any atom is 0.266 e. The zero-order chi connectivity index (χ0) is 21.6. The summed E-state index contributed by atoms with van der Waals surface area (Å²) < 4.78 is 54.3. The van der Waals surface area contributed by atoms with Gasteiger partial charge in [0.1, 0.15) is 16.8 Å². The molecule has 0 saturated carbocycles. The molecule has 0 bridgehead atoms. The third-order valence-electron chi connectivity index (χ3n) is 4.59. The third kappa shape index (κ3) is 5.85. The average Bonchev–Trinajstić information content (AvgIpc) is 3.35. The summed E-state index contributed by atoms with van der Waals surface area (Å²) in [6.07, 6.45) is 3.68. The Bertz CT molecular complexity index is 1020. The minimum Gasteiger partial charge on any atom is -0.384 e. The Kier molecular flexibility index (Phi) is 7.54. The number of hydrogen-bond acceptors (Lipinski definition) is 8. The number of thiazole rings is 1. The quantitative estimate of drug-likeness (QED) is 0.405. The van der Waals surface area contributed by atoms with Crippen molar-refractivity contribution in [2.75, 3.05) is 36.2 Å². The molecule has 1 aromatic heterocycles. The Balaban J connectivity index is 1.58. The molecule has 1 saturated heterocycles. The van der Waals surface area contributed by atoms with Crippen LogP contribution in [0.2, 0.25) is 0 Å². The van der Waals surface area contributed by atoms with Crippen molar-refractivity contribution in [3.05, 3.63) is 34.8 Å². The van der Waals surface area contributed by atoms with Gasteiger partial charge in [-0.25, -0.2) is 17.8 Å². The van der Waals surface area contributed by atoms with Gasteiger partial charge in [-0.1, -0.05) is 11.3 Å². The number of nitriles is 1. The zero-order valence-electron chi connectivity index (χ0n) is 16.0. The van der Waals surface area contributed by atoms with Crippen molar-refractivity contribution >= 4 is 32.2 Å². The minimum absolute atomic E-state index is 0.00255. The summed E-state index contributed by atoms with van der Waals surface area (Å²) in [5.74, 6) is -1.02. The van der Waals surface area contributed by atoms with E-state index in [-0.39, 0.29) is 16.4 Å². The van der Waals surface area contributed by atoms with Gasteiger partial charge in [0.25, 0.3) is 10.0 Å². The molecule has 0 aliphatic carbocycles. The van der Waals surface area contributed by atoms with E-state index in [1.807, 2.05) is 10.8 Å². The highest BCUT2D eigenvalue weighted by Gasteiger charge is 2.23. The van der Waals surface area contributed by atoms with E-state index in [1.165, 1.54) is 0 Å². The molecule has 0 radical (unpaired) electrons. The van der Waals surface area contributed by atoms with E-state index in [9.17, 15) is 22.5 Å². The van der Waals surface area contributed by atoms with E-state index >= 15 is 0 Å². The van der Waals surface area contributed by atoms with Crippen molar-refractivity contribution in [2.24, 2.45) is 0 Å². The number of rotatable bonds is 10. The summed E-state index contributed by atoms with van der Waals surface area (Å²) in [5, 5.41) is 18.2. The van der Waals surface area contributed by atoms with Crippen LogP contribution in [0.1, 0.15) is 24.8 Å². The number of unbranched alkanes of at least 4 members (excludes halogenated alkanes) is 1. The Morgan fingerprint density at radius 2 is 2.10 bits per heavy atom. The van der Waals surface area contributed by atoms with Gasteiger partial charge in [0.05, 0.1) is 17.4 Å². The summed E-state index contributed by atoms with van der Waals surface area (Å²) in [6, 6.07) is 4.32. The first kappa shape index (κ1) is 22.4. The molecule has 1 aliphatic rings. The van der Waals surface area contributed by atoms with E-state index < -0.39 is 25.9 Å². The van der Waals surface area contributed by atoms with E-state index in [0.29, 0.717) is 23.9 Å². The summed E-state index contributed by atoms with van der Waals surface area (Å²) >= 11 is 0.477. The fourth-order valence-electron chi connectivity index (χ4n) is 3.08. The lowest BCUT2D eigenvalue weighted by Gasteiger charge is -2.13. The molecule has 1 aliphatic heterocycles. The highest BCUT2D eigenvalue weighted by atomic mass is 32.2. The van der Waals surface area contributed by atoms with Crippen LogP contribution in [0.5, 0.6) is 0 Å². The lowest BCUT2D eigenvalue weighted by molar-refractivity contribution is 0.530. The fraction of sp³-hybridized carbons (Fsp3) is 0.444. The van der Waals surface area contributed by atoms with Gasteiger partial charge in [-0.15, -0.1) is 0 Å². The van der Waals surface area contributed by atoms with Gasteiger partial charge in [-0.3, -0.25) is 4.72 Å². The molecule has 162 valence electrons. The first-order valence-corrected chi connectivity index (χ1v) is 11.7. The Labute approximate surface area is 177 Å². The molecule has 8 nitrogen and oxygen atoms in total. The van der Waals surface area contributed by atoms with Crippen molar-refractivity contribution in [3.8, 4) is 6.07 Å². The second kappa shape index (κ2) is 10.1.